The number of hydrogen-bond donors (Lipinski definition) is 2. The molecule has 2 heterocycles. The summed E-state index contributed by atoms with van der Waals surface area (Å²) in [5.41, 5.74) is 7.64. The Morgan fingerprint density at radius 2 is 1.93 bits per heavy atom. The Balaban J connectivity index is 2.03. The molecule has 0 amide bonds. The number of nitrogens with one attached hydrogen (secondary N) is 1. The van der Waals surface area contributed by atoms with Crippen LogP contribution in [-0.4, -0.2) is 17.6 Å². The molecule has 7 heteroatoms. The molecule has 0 aliphatic carbocycles. The number of para-hydroxylation sites is 1. The molecule has 0 bridgehead atoms. The first-order chi connectivity index (χ1) is 13.5. The number of pyridine rings is 1. The quantitative estimate of drug-likeness (QED) is 0.607. The van der Waals surface area contributed by atoms with Crippen molar-refractivity contribution in [2.75, 3.05) is 6.61 Å². The zero-order valence-corrected chi connectivity index (χ0v) is 16.6. The van der Waals surface area contributed by atoms with Gasteiger partial charge in [0.25, 0.3) is 5.56 Å². The number of hydrogen-bond acceptors (Lipinski definition) is 5. The van der Waals surface area contributed by atoms with Crippen LogP contribution in [0.25, 0.3) is 10.9 Å². The van der Waals surface area contributed by atoms with Crippen LogP contribution in [0.15, 0.2) is 69.3 Å². The zero-order chi connectivity index (χ0) is 19.8. The summed E-state index contributed by atoms with van der Waals surface area (Å²) in [6.07, 6.45) is 0. The highest BCUT2D eigenvalue weighted by atomic mass is 79.9. The number of benzene rings is 2. The maximum Gasteiger partial charge on any atom is 0.340 e. The van der Waals surface area contributed by atoms with Crippen LogP contribution in [0, 0.1) is 0 Å². The van der Waals surface area contributed by atoms with Gasteiger partial charge in [-0.25, -0.2) is 4.79 Å². The highest BCUT2D eigenvalue weighted by Gasteiger charge is 2.38. The predicted molar refractivity (Wildman–Crippen MR) is 109 cm³/mol. The van der Waals surface area contributed by atoms with E-state index in [2.05, 4.69) is 20.9 Å². The lowest BCUT2D eigenvalue weighted by Gasteiger charge is -2.28. The Kier molecular flexibility index (Phi) is 4.68. The maximum absolute atomic E-state index is 13.0. The van der Waals surface area contributed by atoms with E-state index < -0.39 is 11.9 Å². The molecule has 0 saturated carbocycles. The third-order valence-electron chi connectivity index (χ3n) is 4.66. The van der Waals surface area contributed by atoms with Crippen molar-refractivity contribution >= 4 is 32.8 Å². The number of carbonyl (C=O) groups is 1. The van der Waals surface area contributed by atoms with Crippen LogP contribution < -0.4 is 16.0 Å². The van der Waals surface area contributed by atoms with Crippen LogP contribution in [0.4, 0.5) is 0 Å². The molecule has 6 nitrogen and oxygen atoms in total. The van der Waals surface area contributed by atoms with Crippen LogP contribution in [0.3, 0.4) is 0 Å². The van der Waals surface area contributed by atoms with Gasteiger partial charge in [-0.2, -0.15) is 0 Å². The van der Waals surface area contributed by atoms with E-state index in [0.29, 0.717) is 22.2 Å². The number of aromatic amines is 1. The molecule has 0 fully saturated rings. The lowest BCUT2D eigenvalue weighted by atomic mass is 9.83. The van der Waals surface area contributed by atoms with E-state index >= 15 is 0 Å². The van der Waals surface area contributed by atoms with Crippen molar-refractivity contribution in [2.45, 2.75) is 12.8 Å². The number of halogens is 1. The molecule has 1 aliphatic heterocycles. The maximum atomic E-state index is 13.0. The summed E-state index contributed by atoms with van der Waals surface area (Å²) in [5.74, 6) is -1.01. The Labute approximate surface area is 169 Å². The molecule has 0 spiro atoms. The summed E-state index contributed by atoms with van der Waals surface area (Å²) in [4.78, 5) is 28.6. The fourth-order valence-corrected chi connectivity index (χ4v) is 3.73. The first kappa shape index (κ1) is 18.3. The molecule has 1 aromatic heterocycles. The number of fused-ring (bicyclic) bond motifs is 3. The third kappa shape index (κ3) is 2.97. The second-order valence-corrected chi connectivity index (χ2v) is 7.24. The van der Waals surface area contributed by atoms with Crippen LogP contribution in [0.2, 0.25) is 0 Å². The molecular formula is C21H17BrN2O4. The highest BCUT2D eigenvalue weighted by Crippen LogP contribution is 2.43. The van der Waals surface area contributed by atoms with Gasteiger partial charge in [-0.05, 0) is 36.8 Å². The molecule has 0 radical (unpaired) electrons. The summed E-state index contributed by atoms with van der Waals surface area (Å²) in [6.45, 7) is 1.89. The molecule has 3 N–H and O–H groups in total. The van der Waals surface area contributed by atoms with Crippen molar-refractivity contribution < 1.29 is 14.3 Å². The Morgan fingerprint density at radius 1 is 1.21 bits per heavy atom. The van der Waals surface area contributed by atoms with Crippen molar-refractivity contribution in [3.63, 3.8) is 0 Å². The smallest absolute Gasteiger partial charge is 0.340 e. The van der Waals surface area contributed by atoms with E-state index in [9.17, 15) is 9.59 Å². The van der Waals surface area contributed by atoms with Gasteiger partial charge >= 0.3 is 5.97 Å². The van der Waals surface area contributed by atoms with E-state index in [0.717, 1.165) is 10.0 Å². The van der Waals surface area contributed by atoms with Gasteiger partial charge in [-0.1, -0.05) is 40.2 Å². The molecule has 1 unspecified atom stereocenters. The number of H-pyrrole nitrogens is 1. The molecule has 1 atom stereocenters. The summed E-state index contributed by atoms with van der Waals surface area (Å²) in [5, 5.41) is 0.713. The number of nitrogens with two attached hydrogens (primary N) is 1. The van der Waals surface area contributed by atoms with Gasteiger partial charge in [-0.15, -0.1) is 0 Å². The third-order valence-corrected chi connectivity index (χ3v) is 5.19. The molecule has 1 aliphatic rings. The molecule has 142 valence electrons. The van der Waals surface area contributed by atoms with E-state index in [1.54, 1.807) is 13.0 Å². The van der Waals surface area contributed by atoms with Gasteiger partial charge in [-0.3, -0.25) is 4.79 Å². The van der Waals surface area contributed by atoms with Crippen LogP contribution in [0.5, 0.6) is 5.75 Å². The summed E-state index contributed by atoms with van der Waals surface area (Å²) >= 11 is 3.41. The van der Waals surface area contributed by atoms with Crippen molar-refractivity contribution in [2.24, 2.45) is 5.73 Å². The van der Waals surface area contributed by atoms with Crippen LogP contribution in [-0.2, 0) is 9.53 Å². The minimum Gasteiger partial charge on any atom is -0.462 e. The number of esters is 1. The first-order valence-electron chi connectivity index (χ1n) is 8.76. The van der Waals surface area contributed by atoms with Gasteiger partial charge in [0.05, 0.1) is 23.6 Å². The minimum absolute atomic E-state index is 0.0605. The number of ether oxygens (including phenoxy) is 2. The second-order valence-electron chi connectivity index (χ2n) is 6.33. The molecule has 4 rings (SSSR count). The average molecular weight is 441 g/mol. The fourth-order valence-electron chi connectivity index (χ4n) is 3.47. The van der Waals surface area contributed by atoms with E-state index in [-0.39, 0.29) is 23.6 Å². The average Bonchev–Trinajstić information content (AvgIpc) is 2.68. The van der Waals surface area contributed by atoms with Gasteiger partial charge in [0.2, 0.25) is 5.88 Å². The summed E-state index contributed by atoms with van der Waals surface area (Å²) < 4.78 is 11.9. The normalized spacial score (nSPS) is 15.9. The van der Waals surface area contributed by atoms with Gasteiger partial charge in [0.1, 0.15) is 11.3 Å². The number of rotatable bonds is 3. The predicted octanol–water partition coefficient (Wildman–Crippen LogP) is 3.55. The van der Waals surface area contributed by atoms with Gasteiger partial charge in [0, 0.05) is 9.86 Å². The van der Waals surface area contributed by atoms with Crippen LogP contribution >= 0.6 is 15.9 Å². The summed E-state index contributed by atoms with van der Waals surface area (Å²) in [7, 11) is 0. The number of carbonyl (C=O) groups excluding carboxylic acids is 1. The Bertz CT molecular complexity index is 1170. The van der Waals surface area contributed by atoms with Crippen molar-refractivity contribution in [1.29, 1.82) is 0 Å². The van der Waals surface area contributed by atoms with Crippen LogP contribution in [0.1, 0.15) is 24.0 Å². The zero-order valence-electron chi connectivity index (χ0n) is 15.0. The van der Waals surface area contributed by atoms with E-state index in [1.165, 1.54) is 0 Å². The molecule has 2 aromatic carbocycles. The first-order valence-corrected chi connectivity index (χ1v) is 9.55. The van der Waals surface area contributed by atoms with Crippen molar-refractivity contribution in [1.82, 2.24) is 4.98 Å². The van der Waals surface area contributed by atoms with E-state index in [1.807, 2.05) is 42.5 Å². The Morgan fingerprint density at radius 3 is 2.64 bits per heavy atom. The molecule has 3 aromatic rings. The lowest BCUT2D eigenvalue weighted by Crippen LogP contribution is -2.32. The largest absolute Gasteiger partial charge is 0.462 e. The SMILES string of the molecule is CCOC(=O)C1=C(N)Oc2c(c(=O)[nH]c3ccccc23)C1c1ccc(Br)cc1. The topological polar surface area (TPSA) is 94.4 Å². The monoisotopic (exact) mass is 440 g/mol. The lowest BCUT2D eigenvalue weighted by molar-refractivity contribution is -0.139. The Hall–Kier alpha value is -3.06. The molecule has 0 saturated heterocycles. The standard InChI is InChI=1S/C21H17BrN2O4/c1-2-27-21(26)17-15(11-7-9-12(22)10-8-11)16-18(28-19(17)23)13-5-3-4-6-14(13)24-20(16)25/h3-10,15H,2,23H2,1H3,(H,24,25). The van der Waals surface area contributed by atoms with Gasteiger partial charge in [0.15, 0.2) is 0 Å². The number of aromatic nitrogens is 1. The highest BCUT2D eigenvalue weighted by molar-refractivity contribution is 9.10. The minimum atomic E-state index is -0.704. The fraction of sp³-hybridized carbons (Fsp3) is 0.143. The van der Waals surface area contributed by atoms with Crippen molar-refractivity contribution in [3.8, 4) is 5.75 Å². The molecular weight excluding hydrogens is 424 g/mol. The molecule has 28 heavy (non-hydrogen) atoms. The van der Waals surface area contributed by atoms with Gasteiger partial charge < -0.3 is 20.2 Å². The van der Waals surface area contributed by atoms with E-state index in [4.69, 9.17) is 15.2 Å². The second kappa shape index (κ2) is 7.16. The summed E-state index contributed by atoms with van der Waals surface area (Å²) in [6, 6.07) is 14.7. The van der Waals surface area contributed by atoms with Crippen molar-refractivity contribution in [3.05, 3.63) is 85.9 Å².